The number of fused-ring (bicyclic) bond motifs is 2. The van der Waals surface area contributed by atoms with Crippen LogP contribution in [0.15, 0.2) is 71.4 Å². The van der Waals surface area contributed by atoms with Crippen molar-refractivity contribution in [1.29, 1.82) is 0 Å². The lowest BCUT2D eigenvalue weighted by molar-refractivity contribution is -0.670. The Kier molecular flexibility index (Phi) is 4.44. The lowest BCUT2D eigenvalue weighted by Gasteiger charge is -2.03. The second kappa shape index (κ2) is 7.61. The molecule has 0 atom stereocenters. The number of aromatic nitrogens is 3. The first-order chi connectivity index (χ1) is 16.2. The van der Waals surface area contributed by atoms with Crippen LogP contribution in [0.5, 0.6) is 11.5 Å². The summed E-state index contributed by atoms with van der Waals surface area (Å²) >= 11 is 1.22. The molecule has 6 rings (SSSR count). The Labute approximate surface area is 191 Å². The average Bonchev–Trinajstić information content (AvgIpc) is 3.58. The summed E-state index contributed by atoms with van der Waals surface area (Å²) in [5.41, 5.74) is 9.08. The summed E-state index contributed by atoms with van der Waals surface area (Å²) in [7, 11) is 0. The number of rotatable bonds is 4. The van der Waals surface area contributed by atoms with E-state index in [-0.39, 0.29) is 12.7 Å². The third-order valence-electron chi connectivity index (χ3n) is 5.19. The maximum absolute atomic E-state index is 12.9. The van der Waals surface area contributed by atoms with Crippen LogP contribution in [0.3, 0.4) is 0 Å². The Balaban J connectivity index is 1.28. The van der Waals surface area contributed by atoms with Gasteiger partial charge in [0.25, 0.3) is 12.1 Å². The van der Waals surface area contributed by atoms with Crippen LogP contribution in [0.1, 0.15) is 9.67 Å². The van der Waals surface area contributed by atoms with E-state index in [9.17, 15) is 4.79 Å². The van der Waals surface area contributed by atoms with Crippen LogP contribution in [0, 0.1) is 0 Å². The number of carbonyl (C=O) groups is 1. The molecule has 0 aliphatic carbocycles. The predicted molar refractivity (Wildman–Crippen MR) is 122 cm³/mol. The standard InChI is InChI=1S/C23H15N5O4S/c24-20-15-7-8-16(13-6-9-17-18(10-13)31-12-30-17)25-23(15)33-21(20)22(29)26-19-11-28(27-32-19)14-4-2-1-3-5-14/h1-11H,12H2,(H2-,24,26,27,29)/p+1. The number of pyridine rings is 1. The minimum atomic E-state index is -0.392. The second-order valence-corrected chi connectivity index (χ2v) is 8.26. The second-order valence-electron chi connectivity index (χ2n) is 7.26. The summed E-state index contributed by atoms with van der Waals surface area (Å²) in [6, 6.07) is 18.8. The minimum Gasteiger partial charge on any atom is -0.454 e. The monoisotopic (exact) mass is 458 g/mol. The van der Waals surface area contributed by atoms with Gasteiger partial charge in [-0.25, -0.2) is 4.98 Å². The van der Waals surface area contributed by atoms with Crippen molar-refractivity contribution in [3.8, 4) is 28.4 Å². The van der Waals surface area contributed by atoms with Crippen LogP contribution in [0.2, 0.25) is 0 Å². The molecule has 162 valence electrons. The van der Waals surface area contributed by atoms with Gasteiger partial charge in [-0.05, 0) is 35.0 Å². The average molecular weight is 458 g/mol. The summed E-state index contributed by atoms with van der Waals surface area (Å²) < 4.78 is 17.6. The van der Waals surface area contributed by atoms with Crippen molar-refractivity contribution in [3.05, 3.63) is 71.7 Å². The van der Waals surface area contributed by atoms with Gasteiger partial charge in [-0.2, -0.15) is 0 Å². The van der Waals surface area contributed by atoms with Crippen LogP contribution in [-0.4, -0.2) is 23.0 Å². The number of para-hydroxylation sites is 1. The molecule has 0 radical (unpaired) electrons. The van der Waals surface area contributed by atoms with Crippen molar-refractivity contribution < 1.29 is 23.5 Å². The number of nitrogens with one attached hydrogen (secondary N) is 1. The zero-order chi connectivity index (χ0) is 22.4. The molecule has 4 heterocycles. The van der Waals surface area contributed by atoms with Gasteiger partial charge in [-0.15, -0.1) is 11.3 Å². The lowest BCUT2D eigenvalue weighted by atomic mass is 10.1. The minimum absolute atomic E-state index is 0.203. The molecule has 0 unspecified atom stereocenters. The summed E-state index contributed by atoms with van der Waals surface area (Å²) in [6.07, 6.45) is 1.59. The molecular weight excluding hydrogens is 442 g/mol. The molecule has 33 heavy (non-hydrogen) atoms. The Morgan fingerprint density at radius 2 is 1.91 bits per heavy atom. The smallest absolute Gasteiger partial charge is 0.303 e. The number of carbonyl (C=O) groups excluding carboxylic acids is 1. The first-order valence-corrected chi connectivity index (χ1v) is 10.8. The van der Waals surface area contributed by atoms with Gasteiger partial charge in [0.15, 0.2) is 11.5 Å². The molecule has 1 amide bonds. The first-order valence-electron chi connectivity index (χ1n) is 10.0. The summed E-state index contributed by atoms with van der Waals surface area (Å²) in [4.78, 5) is 18.6. The van der Waals surface area contributed by atoms with Crippen LogP contribution in [0.25, 0.3) is 27.2 Å². The van der Waals surface area contributed by atoms with Crippen LogP contribution in [-0.2, 0) is 0 Å². The molecule has 10 heteroatoms. The van der Waals surface area contributed by atoms with E-state index < -0.39 is 5.91 Å². The van der Waals surface area contributed by atoms with Crippen molar-refractivity contribution >= 4 is 39.0 Å². The van der Waals surface area contributed by atoms with Crippen molar-refractivity contribution in [1.82, 2.24) is 10.3 Å². The molecule has 2 aromatic carbocycles. The molecule has 3 aromatic heterocycles. The summed E-state index contributed by atoms with van der Waals surface area (Å²) in [6.45, 7) is 0.210. The van der Waals surface area contributed by atoms with Gasteiger partial charge < -0.3 is 15.2 Å². The topological polar surface area (TPSA) is 116 Å². The van der Waals surface area contributed by atoms with Crippen molar-refractivity contribution in [3.63, 3.8) is 0 Å². The molecule has 0 bridgehead atoms. The SMILES string of the molecule is Nc1c(C(=O)Nc2c[n+](-c3ccccc3)no2)sc2nc(-c3ccc4c(c3)OCO4)ccc12. The highest BCUT2D eigenvalue weighted by Crippen LogP contribution is 2.38. The number of hydrogen-bond donors (Lipinski definition) is 2. The molecule has 0 spiro atoms. The third-order valence-corrected chi connectivity index (χ3v) is 6.31. The van der Waals surface area contributed by atoms with E-state index in [2.05, 4.69) is 10.6 Å². The predicted octanol–water partition coefficient (Wildman–Crippen LogP) is 3.79. The van der Waals surface area contributed by atoms with E-state index in [0.717, 1.165) is 16.9 Å². The highest BCUT2D eigenvalue weighted by atomic mass is 32.1. The highest BCUT2D eigenvalue weighted by Gasteiger charge is 2.22. The number of amides is 1. The van der Waals surface area contributed by atoms with Gasteiger partial charge in [0.2, 0.25) is 17.8 Å². The Morgan fingerprint density at radius 1 is 1.06 bits per heavy atom. The zero-order valence-electron chi connectivity index (χ0n) is 17.0. The summed E-state index contributed by atoms with van der Waals surface area (Å²) in [5, 5.41) is 7.36. The van der Waals surface area contributed by atoms with Gasteiger partial charge in [-0.1, -0.05) is 18.2 Å². The third kappa shape index (κ3) is 3.42. The van der Waals surface area contributed by atoms with E-state index in [1.807, 2.05) is 60.7 Å². The lowest BCUT2D eigenvalue weighted by Crippen LogP contribution is -2.31. The van der Waals surface area contributed by atoms with Gasteiger partial charge in [0.1, 0.15) is 9.71 Å². The van der Waals surface area contributed by atoms with E-state index in [4.69, 9.17) is 24.7 Å². The Bertz CT molecular complexity index is 1510. The van der Waals surface area contributed by atoms with Gasteiger partial charge >= 0.3 is 5.88 Å². The van der Waals surface area contributed by atoms with E-state index in [1.165, 1.54) is 16.0 Å². The largest absolute Gasteiger partial charge is 0.454 e. The number of benzene rings is 2. The van der Waals surface area contributed by atoms with E-state index >= 15 is 0 Å². The fourth-order valence-corrected chi connectivity index (χ4v) is 4.54. The van der Waals surface area contributed by atoms with Gasteiger partial charge in [0.05, 0.1) is 11.4 Å². The fourth-order valence-electron chi connectivity index (χ4n) is 3.55. The molecule has 0 fully saturated rings. The maximum Gasteiger partial charge on any atom is 0.303 e. The molecule has 9 nitrogen and oxygen atoms in total. The zero-order valence-corrected chi connectivity index (χ0v) is 17.8. The molecule has 1 aliphatic rings. The van der Waals surface area contributed by atoms with Crippen LogP contribution >= 0.6 is 11.3 Å². The molecule has 3 N–H and O–H groups in total. The van der Waals surface area contributed by atoms with E-state index in [0.29, 0.717) is 32.3 Å². The number of ether oxygens (including phenoxy) is 2. The van der Waals surface area contributed by atoms with Gasteiger partial charge in [-0.3, -0.25) is 14.6 Å². The first kappa shape index (κ1) is 19.3. The van der Waals surface area contributed by atoms with Crippen LogP contribution < -0.4 is 25.2 Å². The molecular formula is C23H16N5O4S+. The Morgan fingerprint density at radius 3 is 2.79 bits per heavy atom. The number of nitrogen functional groups attached to an aromatic ring is 1. The van der Waals surface area contributed by atoms with E-state index in [1.54, 1.807) is 6.20 Å². The quantitative estimate of drug-likeness (QED) is 0.394. The number of thiophene rings is 1. The van der Waals surface area contributed by atoms with Gasteiger partial charge in [0, 0.05) is 23.1 Å². The number of nitrogens with two attached hydrogens (primary N) is 1. The highest BCUT2D eigenvalue weighted by molar-refractivity contribution is 7.21. The normalized spacial score (nSPS) is 12.2. The van der Waals surface area contributed by atoms with Crippen LogP contribution in [0.4, 0.5) is 11.6 Å². The molecule has 0 saturated carbocycles. The summed E-state index contributed by atoms with van der Waals surface area (Å²) in [5.74, 6) is 1.20. The number of nitrogens with zero attached hydrogens (tertiary/aromatic N) is 3. The Hall–Kier alpha value is -4.44. The molecule has 0 saturated heterocycles. The van der Waals surface area contributed by atoms with Crippen molar-refractivity contribution in [2.45, 2.75) is 0 Å². The molecule has 5 aromatic rings. The number of hydrogen-bond acceptors (Lipinski definition) is 8. The van der Waals surface area contributed by atoms with Crippen molar-refractivity contribution in [2.24, 2.45) is 0 Å². The molecule has 1 aliphatic heterocycles. The van der Waals surface area contributed by atoms with Crippen molar-refractivity contribution in [2.75, 3.05) is 17.8 Å². The number of anilines is 2. The fraction of sp³-hybridized carbons (Fsp3) is 0.0435. The maximum atomic E-state index is 12.9.